The lowest BCUT2D eigenvalue weighted by atomic mass is 10.0. The second-order valence-electron chi connectivity index (χ2n) is 3.81. The molecule has 1 unspecified atom stereocenters. The zero-order valence-electron chi connectivity index (χ0n) is 8.70. The summed E-state index contributed by atoms with van der Waals surface area (Å²) in [5.41, 5.74) is 1.72. The van der Waals surface area contributed by atoms with Crippen molar-refractivity contribution in [3.63, 3.8) is 0 Å². The molecule has 0 aliphatic rings. The van der Waals surface area contributed by atoms with Crippen molar-refractivity contribution < 1.29 is 9.90 Å². The summed E-state index contributed by atoms with van der Waals surface area (Å²) in [4.78, 5) is 10.8. The number of hydrogen-bond acceptors (Lipinski definition) is 2. The van der Waals surface area contributed by atoms with Crippen molar-refractivity contribution in [1.82, 2.24) is 10.2 Å². The maximum Gasteiger partial charge on any atom is 0.306 e. The third kappa shape index (κ3) is 2.09. The van der Waals surface area contributed by atoms with E-state index in [1.165, 1.54) is 0 Å². The van der Waals surface area contributed by atoms with E-state index in [-0.39, 0.29) is 0 Å². The van der Waals surface area contributed by atoms with E-state index in [4.69, 9.17) is 5.11 Å². The lowest BCUT2D eigenvalue weighted by Gasteiger charge is -2.03. The summed E-state index contributed by atoms with van der Waals surface area (Å²) >= 11 is 3.37. The number of carboxylic acids is 1. The van der Waals surface area contributed by atoms with Gasteiger partial charge in [-0.2, -0.15) is 5.10 Å². The van der Waals surface area contributed by atoms with E-state index in [1.54, 1.807) is 6.92 Å². The molecule has 2 rings (SSSR count). The molecule has 1 atom stereocenters. The molecule has 0 bridgehead atoms. The molecule has 0 aliphatic carbocycles. The number of aliphatic carboxylic acids is 1. The second kappa shape index (κ2) is 4.25. The van der Waals surface area contributed by atoms with Crippen molar-refractivity contribution >= 4 is 32.8 Å². The van der Waals surface area contributed by atoms with Gasteiger partial charge in [0, 0.05) is 22.0 Å². The Balaban J connectivity index is 2.35. The number of benzene rings is 1. The van der Waals surface area contributed by atoms with Gasteiger partial charge in [-0.05, 0) is 18.2 Å². The summed E-state index contributed by atoms with van der Waals surface area (Å²) in [6.45, 7) is 1.69. The highest BCUT2D eigenvalue weighted by molar-refractivity contribution is 9.10. The van der Waals surface area contributed by atoms with Crippen LogP contribution in [0.25, 0.3) is 10.9 Å². The Morgan fingerprint density at radius 2 is 2.38 bits per heavy atom. The third-order valence-electron chi connectivity index (χ3n) is 2.53. The Labute approximate surface area is 101 Å². The fourth-order valence-corrected chi connectivity index (χ4v) is 1.94. The summed E-state index contributed by atoms with van der Waals surface area (Å²) in [5, 5.41) is 16.9. The van der Waals surface area contributed by atoms with Crippen LogP contribution in [0.5, 0.6) is 0 Å². The van der Waals surface area contributed by atoms with Crippen LogP contribution in [0.15, 0.2) is 22.7 Å². The quantitative estimate of drug-likeness (QED) is 0.909. The van der Waals surface area contributed by atoms with E-state index in [9.17, 15) is 4.79 Å². The van der Waals surface area contributed by atoms with Gasteiger partial charge in [0.15, 0.2) is 0 Å². The summed E-state index contributed by atoms with van der Waals surface area (Å²) in [7, 11) is 0. The number of carbonyl (C=O) groups is 1. The van der Waals surface area contributed by atoms with Gasteiger partial charge in [0.2, 0.25) is 0 Å². The Morgan fingerprint density at radius 1 is 1.62 bits per heavy atom. The molecule has 4 nitrogen and oxygen atoms in total. The average molecular weight is 283 g/mol. The lowest BCUT2D eigenvalue weighted by Crippen LogP contribution is -2.12. The first-order chi connectivity index (χ1) is 7.58. The smallest absolute Gasteiger partial charge is 0.306 e. The molecule has 5 heteroatoms. The van der Waals surface area contributed by atoms with E-state index in [2.05, 4.69) is 26.1 Å². The van der Waals surface area contributed by atoms with E-state index in [0.29, 0.717) is 6.42 Å². The van der Waals surface area contributed by atoms with Crippen molar-refractivity contribution in [1.29, 1.82) is 0 Å². The standard InChI is InChI=1S/C11H11BrN2O2/c1-6(11(15)16)4-9-8-3-2-7(12)5-10(8)14-13-9/h2-3,5-6H,4H2,1H3,(H,13,14)(H,15,16). The molecule has 2 aromatic rings. The van der Waals surface area contributed by atoms with Crippen LogP contribution in [-0.4, -0.2) is 21.3 Å². The number of nitrogens with one attached hydrogen (secondary N) is 1. The van der Waals surface area contributed by atoms with E-state index in [0.717, 1.165) is 21.1 Å². The highest BCUT2D eigenvalue weighted by Crippen LogP contribution is 2.22. The number of nitrogens with zero attached hydrogens (tertiary/aromatic N) is 1. The van der Waals surface area contributed by atoms with Crippen molar-refractivity contribution in [3.8, 4) is 0 Å². The minimum atomic E-state index is -0.792. The summed E-state index contributed by atoms with van der Waals surface area (Å²) in [6.07, 6.45) is 0.466. The van der Waals surface area contributed by atoms with Gasteiger partial charge in [0.05, 0.1) is 11.4 Å². The van der Waals surface area contributed by atoms with E-state index in [1.807, 2.05) is 18.2 Å². The molecule has 0 aliphatic heterocycles. The average Bonchev–Trinajstić information content (AvgIpc) is 2.60. The first-order valence-corrected chi connectivity index (χ1v) is 5.72. The first kappa shape index (κ1) is 11.1. The molecule has 1 aromatic heterocycles. The van der Waals surface area contributed by atoms with Gasteiger partial charge < -0.3 is 5.11 Å². The predicted octanol–water partition coefficient (Wildman–Crippen LogP) is 2.59. The van der Waals surface area contributed by atoms with Crippen LogP contribution in [-0.2, 0) is 11.2 Å². The minimum Gasteiger partial charge on any atom is -0.481 e. The third-order valence-corrected chi connectivity index (χ3v) is 3.02. The van der Waals surface area contributed by atoms with Crippen LogP contribution in [0.1, 0.15) is 12.6 Å². The van der Waals surface area contributed by atoms with Crippen molar-refractivity contribution in [2.24, 2.45) is 5.92 Å². The number of fused-ring (bicyclic) bond motifs is 1. The molecule has 0 amide bonds. The molecule has 1 heterocycles. The Kier molecular flexibility index (Phi) is 2.96. The first-order valence-electron chi connectivity index (χ1n) is 4.93. The van der Waals surface area contributed by atoms with Gasteiger partial charge in [-0.15, -0.1) is 0 Å². The van der Waals surface area contributed by atoms with Crippen LogP contribution >= 0.6 is 15.9 Å². The lowest BCUT2D eigenvalue weighted by molar-refractivity contribution is -0.141. The number of H-pyrrole nitrogens is 1. The normalized spacial score (nSPS) is 12.9. The number of aromatic nitrogens is 2. The summed E-state index contributed by atoms with van der Waals surface area (Å²) in [5.74, 6) is -1.20. The molecule has 1 aromatic carbocycles. The zero-order valence-corrected chi connectivity index (χ0v) is 10.3. The molecule has 0 saturated heterocycles. The van der Waals surface area contributed by atoms with Gasteiger partial charge in [0.1, 0.15) is 0 Å². The van der Waals surface area contributed by atoms with Gasteiger partial charge in [-0.25, -0.2) is 0 Å². The van der Waals surface area contributed by atoms with Gasteiger partial charge in [-0.1, -0.05) is 22.9 Å². The van der Waals surface area contributed by atoms with Crippen molar-refractivity contribution in [3.05, 3.63) is 28.4 Å². The highest BCUT2D eigenvalue weighted by Gasteiger charge is 2.15. The molecular formula is C11H11BrN2O2. The fourth-order valence-electron chi connectivity index (χ4n) is 1.59. The largest absolute Gasteiger partial charge is 0.481 e. The maximum absolute atomic E-state index is 10.8. The maximum atomic E-state index is 10.8. The number of rotatable bonds is 3. The minimum absolute atomic E-state index is 0.410. The number of halogens is 1. The molecule has 84 valence electrons. The zero-order chi connectivity index (χ0) is 11.7. The molecular weight excluding hydrogens is 272 g/mol. The van der Waals surface area contributed by atoms with Crippen LogP contribution in [0, 0.1) is 5.92 Å². The second-order valence-corrected chi connectivity index (χ2v) is 4.72. The van der Waals surface area contributed by atoms with Gasteiger partial charge >= 0.3 is 5.97 Å². The molecule has 2 N–H and O–H groups in total. The van der Waals surface area contributed by atoms with Crippen LogP contribution in [0.3, 0.4) is 0 Å². The highest BCUT2D eigenvalue weighted by atomic mass is 79.9. The monoisotopic (exact) mass is 282 g/mol. The number of hydrogen-bond donors (Lipinski definition) is 2. The molecule has 0 radical (unpaired) electrons. The molecule has 0 spiro atoms. The predicted molar refractivity (Wildman–Crippen MR) is 64.3 cm³/mol. The number of aromatic amines is 1. The number of carboxylic acid groups (broad SMARTS) is 1. The Bertz CT molecular complexity index is 536. The van der Waals surface area contributed by atoms with Crippen molar-refractivity contribution in [2.45, 2.75) is 13.3 Å². The van der Waals surface area contributed by atoms with Crippen LogP contribution < -0.4 is 0 Å². The Morgan fingerprint density at radius 3 is 3.06 bits per heavy atom. The van der Waals surface area contributed by atoms with E-state index < -0.39 is 11.9 Å². The SMILES string of the molecule is CC(Cc1[nH]nc2cc(Br)ccc12)C(=O)O. The summed E-state index contributed by atoms with van der Waals surface area (Å²) < 4.78 is 0.962. The molecule has 16 heavy (non-hydrogen) atoms. The van der Waals surface area contributed by atoms with Crippen molar-refractivity contribution in [2.75, 3.05) is 0 Å². The Hall–Kier alpha value is -1.36. The fraction of sp³-hybridized carbons (Fsp3) is 0.273. The van der Waals surface area contributed by atoms with Crippen LogP contribution in [0.4, 0.5) is 0 Å². The summed E-state index contributed by atoms with van der Waals surface area (Å²) in [6, 6.07) is 5.76. The molecule has 0 saturated carbocycles. The topological polar surface area (TPSA) is 66.0 Å². The van der Waals surface area contributed by atoms with E-state index >= 15 is 0 Å². The van der Waals surface area contributed by atoms with Gasteiger partial charge in [-0.3, -0.25) is 9.89 Å². The van der Waals surface area contributed by atoms with Crippen LogP contribution in [0.2, 0.25) is 0 Å². The molecule has 0 fully saturated rings. The van der Waals surface area contributed by atoms with Gasteiger partial charge in [0.25, 0.3) is 0 Å².